The van der Waals surface area contributed by atoms with Crippen LogP contribution in [0.15, 0.2) is 35.7 Å². The van der Waals surface area contributed by atoms with Gasteiger partial charge in [0.2, 0.25) is 0 Å². The van der Waals surface area contributed by atoms with Gasteiger partial charge in [0.15, 0.2) is 6.10 Å². The summed E-state index contributed by atoms with van der Waals surface area (Å²) in [5.74, 6) is -1.13. The van der Waals surface area contributed by atoms with Crippen LogP contribution in [-0.2, 0) is 14.3 Å². The SMILES string of the molecule is CCOc1ccc(C(=O)NCC(=O)O[C@H](C)C(=O)Nc2sccc2C#N)cc1. The number of anilines is 1. The van der Waals surface area contributed by atoms with Gasteiger partial charge in [-0.15, -0.1) is 11.3 Å². The molecule has 8 nitrogen and oxygen atoms in total. The molecule has 9 heteroatoms. The number of amides is 2. The highest BCUT2D eigenvalue weighted by molar-refractivity contribution is 7.14. The van der Waals surface area contributed by atoms with Crippen LogP contribution in [0.3, 0.4) is 0 Å². The maximum atomic E-state index is 12.1. The highest BCUT2D eigenvalue weighted by atomic mass is 32.1. The van der Waals surface area contributed by atoms with Gasteiger partial charge in [0.25, 0.3) is 11.8 Å². The average molecular weight is 401 g/mol. The minimum absolute atomic E-state index is 0.333. The molecule has 0 radical (unpaired) electrons. The molecule has 0 unspecified atom stereocenters. The fourth-order valence-electron chi connectivity index (χ4n) is 2.12. The molecular formula is C19H19N3O5S. The summed E-state index contributed by atoms with van der Waals surface area (Å²) in [7, 11) is 0. The molecule has 2 N–H and O–H groups in total. The molecule has 1 atom stereocenters. The van der Waals surface area contributed by atoms with Gasteiger partial charge in [0.05, 0.1) is 12.2 Å². The normalized spacial score (nSPS) is 11.0. The summed E-state index contributed by atoms with van der Waals surface area (Å²) >= 11 is 1.19. The maximum absolute atomic E-state index is 12.1. The molecule has 0 fully saturated rings. The van der Waals surface area contributed by atoms with Gasteiger partial charge in [0.1, 0.15) is 23.4 Å². The summed E-state index contributed by atoms with van der Waals surface area (Å²) in [6, 6.07) is 10.00. The van der Waals surface area contributed by atoms with E-state index in [-0.39, 0.29) is 6.54 Å². The minimum Gasteiger partial charge on any atom is -0.494 e. The highest BCUT2D eigenvalue weighted by Gasteiger charge is 2.20. The summed E-state index contributed by atoms with van der Waals surface area (Å²) in [6.45, 7) is 3.40. The van der Waals surface area contributed by atoms with Gasteiger partial charge in [-0.05, 0) is 49.6 Å². The Bertz CT molecular complexity index is 886. The predicted octanol–water partition coefficient (Wildman–Crippen LogP) is 2.32. The molecule has 1 aromatic carbocycles. The van der Waals surface area contributed by atoms with Gasteiger partial charge in [-0.2, -0.15) is 5.26 Å². The van der Waals surface area contributed by atoms with Crippen LogP contribution in [0.4, 0.5) is 5.00 Å². The molecule has 0 spiro atoms. The van der Waals surface area contributed by atoms with Crippen molar-refractivity contribution in [2.75, 3.05) is 18.5 Å². The van der Waals surface area contributed by atoms with Crippen molar-refractivity contribution in [1.29, 1.82) is 5.26 Å². The van der Waals surface area contributed by atoms with Crippen molar-refractivity contribution in [2.45, 2.75) is 20.0 Å². The lowest BCUT2D eigenvalue weighted by Crippen LogP contribution is -2.35. The Balaban J connectivity index is 1.80. The summed E-state index contributed by atoms with van der Waals surface area (Å²) in [5.41, 5.74) is 0.697. The number of hydrogen-bond donors (Lipinski definition) is 2. The lowest BCUT2D eigenvalue weighted by atomic mass is 10.2. The lowest BCUT2D eigenvalue weighted by molar-refractivity contribution is -0.152. The Morgan fingerprint density at radius 1 is 1.21 bits per heavy atom. The minimum atomic E-state index is -1.08. The number of carbonyl (C=O) groups is 3. The van der Waals surface area contributed by atoms with Crippen LogP contribution in [0.25, 0.3) is 0 Å². The average Bonchev–Trinajstić information content (AvgIpc) is 3.14. The van der Waals surface area contributed by atoms with Gasteiger partial charge in [-0.25, -0.2) is 0 Å². The van der Waals surface area contributed by atoms with E-state index in [0.717, 1.165) is 0 Å². The largest absolute Gasteiger partial charge is 0.494 e. The standard InChI is InChI=1S/C19H19N3O5S/c1-3-26-15-6-4-13(5-7-15)18(25)21-11-16(23)27-12(2)17(24)22-19-14(10-20)8-9-28-19/h4-9,12H,3,11H2,1-2H3,(H,21,25)(H,22,24)/t12-/m1/s1. The highest BCUT2D eigenvalue weighted by Crippen LogP contribution is 2.22. The third-order valence-corrected chi connectivity index (χ3v) is 4.35. The molecule has 0 saturated heterocycles. The van der Waals surface area contributed by atoms with Gasteiger partial charge in [0, 0.05) is 5.56 Å². The second-order valence-electron chi connectivity index (χ2n) is 5.54. The fourth-order valence-corrected chi connectivity index (χ4v) is 2.86. The van der Waals surface area contributed by atoms with E-state index in [9.17, 15) is 14.4 Å². The van der Waals surface area contributed by atoms with Crippen molar-refractivity contribution in [3.63, 3.8) is 0 Å². The molecular weight excluding hydrogens is 382 g/mol. The number of rotatable bonds is 8. The molecule has 0 bridgehead atoms. The summed E-state index contributed by atoms with van der Waals surface area (Å²) in [5, 5.41) is 16.0. The van der Waals surface area contributed by atoms with E-state index >= 15 is 0 Å². The van der Waals surface area contributed by atoms with Gasteiger partial charge < -0.3 is 20.1 Å². The van der Waals surface area contributed by atoms with Crippen LogP contribution in [0, 0.1) is 11.3 Å². The molecule has 146 valence electrons. The van der Waals surface area contributed by atoms with E-state index in [1.54, 1.807) is 35.7 Å². The topological polar surface area (TPSA) is 118 Å². The predicted molar refractivity (Wildman–Crippen MR) is 103 cm³/mol. The molecule has 2 amide bonds. The van der Waals surface area contributed by atoms with Crippen LogP contribution < -0.4 is 15.4 Å². The molecule has 0 aliphatic heterocycles. The zero-order chi connectivity index (χ0) is 20.5. The summed E-state index contributed by atoms with van der Waals surface area (Å²) in [4.78, 5) is 36.0. The molecule has 0 aliphatic carbocycles. The number of nitrogens with one attached hydrogen (secondary N) is 2. The maximum Gasteiger partial charge on any atom is 0.326 e. The molecule has 0 saturated carbocycles. The van der Waals surface area contributed by atoms with Crippen molar-refractivity contribution >= 4 is 34.1 Å². The lowest BCUT2D eigenvalue weighted by Gasteiger charge is -2.13. The van der Waals surface area contributed by atoms with Crippen LogP contribution in [0.1, 0.15) is 29.8 Å². The Morgan fingerprint density at radius 2 is 1.93 bits per heavy atom. The first kappa shape index (κ1) is 20.9. The van der Waals surface area contributed by atoms with Crippen LogP contribution in [0.2, 0.25) is 0 Å². The second-order valence-corrected chi connectivity index (χ2v) is 6.45. The van der Waals surface area contributed by atoms with Gasteiger partial charge in [-0.1, -0.05) is 0 Å². The first-order valence-electron chi connectivity index (χ1n) is 8.43. The number of thiophene rings is 1. The third kappa shape index (κ3) is 5.82. The fraction of sp³-hybridized carbons (Fsp3) is 0.263. The van der Waals surface area contributed by atoms with Crippen molar-refractivity contribution in [3.8, 4) is 11.8 Å². The van der Waals surface area contributed by atoms with Gasteiger partial charge >= 0.3 is 5.97 Å². The van der Waals surface area contributed by atoms with E-state index < -0.39 is 23.9 Å². The number of nitriles is 1. The summed E-state index contributed by atoms with van der Waals surface area (Å²) < 4.78 is 10.3. The van der Waals surface area contributed by atoms with E-state index in [1.165, 1.54) is 18.3 Å². The monoisotopic (exact) mass is 401 g/mol. The Labute approximate surface area is 166 Å². The third-order valence-electron chi connectivity index (χ3n) is 3.52. The Morgan fingerprint density at radius 3 is 2.57 bits per heavy atom. The number of hydrogen-bond acceptors (Lipinski definition) is 7. The van der Waals surface area contributed by atoms with E-state index in [0.29, 0.717) is 28.5 Å². The number of carbonyl (C=O) groups excluding carboxylic acids is 3. The number of benzene rings is 1. The molecule has 2 rings (SSSR count). The first-order valence-corrected chi connectivity index (χ1v) is 9.31. The number of nitrogens with zero attached hydrogens (tertiary/aromatic N) is 1. The second kappa shape index (κ2) is 10.1. The van der Waals surface area contributed by atoms with Crippen molar-refractivity contribution < 1.29 is 23.9 Å². The Hall–Kier alpha value is -3.38. The molecule has 28 heavy (non-hydrogen) atoms. The van der Waals surface area contributed by atoms with Crippen LogP contribution >= 0.6 is 11.3 Å². The van der Waals surface area contributed by atoms with Crippen molar-refractivity contribution in [1.82, 2.24) is 5.32 Å². The zero-order valence-corrected chi connectivity index (χ0v) is 16.2. The van der Waals surface area contributed by atoms with E-state index in [1.807, 2.05) is 13.0 Å². The number of ether oxygens (including phenoxy) is 2. The smallest absolute Gasteiger partial charge is 0.326 e. The first-order chi connectivity index (χ1) is 13.4. The molecule has 0 aliphatic rings. The molecule has 1 aromatic heterocycles. The zero-order valence-electron chi connectivity index (χ0n) is 15.4. The molecule has 2 aromatic rings. The van der Waals surface area contributed by atoms with Crippen LogP contribution in [-0.4, -0.2) is 37.0 Å². The van der Waals surface area contributed by atoms with E-state index in [4.69, 9.17) is 14.7 Å². The quantitative estimate of drug-likeness (QED) is 0.656. The van der Waals surface area contributed by atoms with Crippen molar-refractivity contribution in [2.24, 2.45) is 0 Å². The Kier molecular flexibility index (Phi) is 7.54. The van der Waals surface area contributed by atoms with Crippen molar-refractivity contribution in [3.05, 3.63) is 46.8 Å². The number of esters is 1. The summed E-state index contributed by atoms with van der Waals surface area (Å²) in [6.07, 6.45) is -1.08. The van der Waals surface area contributed by atoms with E-state index in [2.05, 4.69) is 10.6 Å². The van der Waals surface area contributed by atoms with Crippen LogP contribution in [0.5, 0.6) is 5.75 Å². The molecule has 1 heterocycles. The van der Waals surface area contributed by atoms with Gasteiger partial charge in [-0.3, -0.25) is 14.4 Å².